The first-order valence-electron chi connectivity index (χ1n) is 5.82. The van der Waals surface area contributed by atoms with Gasteiger partial charge in [0.2, 0.25) is 0 Å². The number of hydrogen-bond donors (Lipinski definition) is 1. The van der Waals surface area contributed by atoms with E-state index in [1.54, 1.807) is 26.0 Å². The Bertz CT molecular complexity index is 494. The van der Waals surface area contributed by atoms with Gasteiger partial charge in [-0.15, -0.1) is 0 Å². The number of sulfone groups is 1. The van der Waals surface area contributed by atoms with Crippen LogP contribution in [0.1, 0.15) is 32.4 Å². The number of nitrogens with one attached hydrogen (secondary N) is 1. The molecule has 3 nitrogen and oxygen atoms in total. The molecule has 0 radical (unpaired) electrons. The summed E-state index contributed by atoms with van der Waals surface area (Å²) >= 11 is 0. The topological polar surface area (TPSA) is 46.2 Å². The van der Waals surface area contributed by atoms with E-state index in [1.165, 1.54) is 18.4 Å². The zero-order chi connectivity index (χ0) is 14.0. The highest BCUT2D eigenvalue weighted by atomic mass is 32.2. The van der Waals surface area contributed by atoms with Gasteiger partial charge in [-0.25, -0.2) is 12.8 Å². The van der Waals surface area contributed by atoms with Crippen molar-refractivity contribution in [3.63, 3.8) is 0 Å². The maximum atomic E-state index is 12.8. The Morgan fingerprint density at radius 1 is 1.28 bits per heavy atom. The van der Waals surface area contributed by atoms with Crippen molar-refractivity contribution >= 4 is 9.84 Å². The molecule has 1 unspecified atom stereocenters. The van der Waals surface area contributed by atoms with Crippen molar-refractivity contribution in [3.8, 4) is 0 Å². The molecule has 102 valence electrons. The lowest BCUT2D eigenvalue weighted by Gasteiger charge is -2.25. The smallest absolute Gasteiger partial charge is 0.153 e. The van der Waals surface area contributed by atoms with E-state index in [4.69, 9.17) is 0 Å². The highest BCUT2D eigenvalue weighted by Crippen LogP contribution is 2.17. The van der Waals surface area contributed by atoms with Crippen LogP contribution in [-0.2, 0) is 9.84 Å². The fourth-order valence-electron chi connectivity index (χ4n) is 1.40. The van der Waals surface area contributed by atoms with E-state index in [0.29, 0.717) is 6.54 Å². The quantitative estimate of drug-likeness (QED) is 0.895. The SMILES string of the molecule is CC(NCC(C)(C)S(C)(=O)=O)c1ccc(F)cc1. The van der Waals surface area contributed by atoms with E-state index < -0.39 is 14.6 Å². The van der Waals surface area contributed by atoms with Crippen LogP contribution in [0, 0.1) is 5.82 Å². The first-order chi connectivity index (χ1) is 8.13. The summed E-state index contributed by atoms with van der Waals surface area (Å²) in [4.78, 5) is 0. The lowest BCUT2D eigenvalue weighted by atomic mass is 10.1. The molecule has 0 fully saturated rings. The Hall–Kier alpha value is -0.940. The van der Waals surface area contributed by atoms with Crippen LogP contribution in [0.3, 0.4) is 0 Å². The minimum atomic E-state index is -3.11. The Kier molecular flexibility index (Phi) is 4.50. The molecule has 5 heteroatoms. The molecule has 0 aliphatic carbocycles. The molecule has 0 amide bonds. The van der Waals surface area contributed by atoms with Gasteiger partial charge >= 0.3 is 0 Å². The molecular formula is C13H20FNO2S. The Morgan fingerprint density at radius 2 is 1.78 bits per heavy atom. The van der Waals surface area contributed by atoms with Crippen LogP contribution in [-0.4, -0.2) is 26.0 Å². The fourth-order valence-corrected chi connectivity index (χ4v) is 1.74. The molecular weight excluding hydrogens is 253 g/mol. The monoisotopic (exact) mass is 273 g/mol. The molecule has 0 aliphatic heterocycles. The zero-order valence-electron chi connectivity index (χ0n) is 11.2. The summed E-state index contributed by atoms with van der Waals surface area (Å²) in [5.74, 6) is -0.276. The van der Waals surface area contributed by atoms with Crippen molar-refractivity contribution in [1.29, 1.82) is 0 Å². The summed E-state index contributed by atoms with van der Waals surface area (Å²) in [7, 11) is -3.11. The van der Waals surface area contributed by atoms with Crippen molar-refractivity contribution in [1.82, 2.24) is 5.32 Å². The number of hydrogen-bond acceptors (Lipinski definition) is 3. The predicted molar refractivity (Wildman–Crippen MR) is 71.7 cm³/mol. The number of benzene rings is 1. The lowest BCUT2D eigenvalue weighted by molar-refractivity contribution is 0.488. The summed E-state index contributed by atoms with van der Waals surface area (Å²) in [5, 5.41) is 3.16. The van der Waals surface area contributed by atoms with Gasteiger partial charge in [0, 0.05) is 18.8 Å². The third-order valence-electron chi connectivity index (χ3n) is 3.21. The van der Waals surface area contributed by atoms with Gasteiger partial charge in [0.05, 0.1) is 4.75 Å². The van der Waals surface area contributed by atoms with Gasteiger partial charge in [-0.3, -0.25) is 0 Å². The third-order valence-corrected chi connectivity index (χ3v) is 5.36. The molecule has 1 N–H and O–H groups in total. The summed E-state index contributed by atoms with van der Waals surface area (Å²) in [6.07, 6.45) is 1.23. The summed E-state index contributed by atoms with van der Waals surface area (Å²) in [5.41, 5.74) is 0.931. The average molecular weight is 273 g/mol. The van der Waals surface area contributed by atoms with E-state index in [0.717, 1.165) is 5.56 Å². The first-order valence-corrected chi connectivity index (χ1v) is 7.71. The van der Waals surface area contributed by atoms with E-state index in [2.05, 4.69) is 5.32 Å². The van der Waals surface area contributed by atoms with Gasteiger partial charge in [0.25, 0.3) is 0 Å². The molecule has 0 saturated heterocycles. The molecule has 1 atom stereocenters. The minimum Gasteiger partial charge on any atom is -0.309 e. The molecule has 1 aromatic carbocycles. The molecule has 0 aliphatic rings. The summed E-state index contributed by atoms with van der Waals surface area (Å²) in [6, 6.07) is 6.16. The third kappa shape index (κ3) is 3.78. The van der Waals surface area contributed by atoms with Gasteiger partial charge in [-0.2, -0.15) is 0 Å². The van der Waals surface area contributed by atoms with E-state index in [-0.39, 0.29) is 11.9 Å². The van der Waals surface area contributed by atoms with E-state index >= 15 is 0 Å². The Balaban J connectivity index is 2.67. The molecule has 18 heavy (non-hydrogen) atoms. The van der Waals surface area contributed by atoms with Crippen molar-refractivity contribution < 1.29 is 12.8 Å². The minimum absolute atomic E-state index is 0.0216. The first kappa shape index (κ1) is 15.1. The lowest BCUT2D eigenvalue weighted by Crippen LogP contribution is -2.42. The molecule has 0 bridgehead atoms. The van der Waals surface area contributed by atoms with Crippen LogP contribution in [0.15, 0.2) is 24.3 Å². The fraction of sp³-hybridized carbons (Fsp3) is 0.538. The molecule has 0 heterocycles. The predicted octanol–water partition coefficient (Wildman–Crippen LogP) is 2.30. The molecule has 1 rings (SSSR count). The zero-order valence-corrected chi connectivity index (χ0v) is 12.0. The van der Waals surface area contributed by atoms with E-state index in [1.807, 2.05) is 6.92 Å². The van der Waals surface area contributed by atoms with Crippen LogP contribution in [0.5, 0.6) is 0 Å². The standard InChI is InChI=1S/C13H20FNO2S/c1-10(11-5-7-12(14)8-6-11)15-9-13(2,3)18(4,16)17/h5-8,10,15H,9H2,1-4H3. The second-order valence-corrected chi connectivity index (χ2v) is 7.84. The normalized spacial score (nSPS) is 14.5. The second-order valence-electron chi connectivity index (χ2n) is 5.19. The number of halogens is 1. The molecule has 0 aromatic heterocycles. The molecule has 1 aromatic rings. The van der Waals surface area contributed by atoms with Crippen LogP contribution < -0.4 is 5.32 Å². The second kappa shape index (κ2) is 5.36. The Labute approximate surface area is 108 Å². The van der Waals surface area contributed by atoms with Gasteiger partial charge in [0.1, 0.15) is 5.82 Å². The van der Waals surface area contributed by atoms with Gasteiger partial charge < -0.3 is 5.32 Å². The van der Waals surface area contributed by atoms with Gasteiger partial charge in [-0.05, 0) is 38.5 Å². The van der Waals surface area contributed by atoms with Crippen LogP contribution in [0.4, 0.5) is 4.39 Å². The van der Waals surface area contributed by atoms with Crippen molar-refractivity contribution in [2.45, 2.75) is 31.6 Å². The average Bonchev–Trinajstić information content (AvgIpc) is 2.25. The maximum Gasteiger partial charge on any atom is 0.153 e. The molecule has 0 saturated carbocycles. The highest BCUT2D eigenvalue weighted by Gasteiger charge is 2.30. The van der Waals surface area contributed by atoms with Crippen molar-refractivity contribution in [2.75, 3.05) is 12.8 Å². The Morgan fingerprint density at radius 3 is 2.22 bits per heavy atom. The van der Waals surface area contributed by atoms with Crippen LogP contribution >= 0.6 is 0 Å². The van der Waals surface area contributed by atoms with Crippen molar-refractivity contribution in [3.05, 3.63) is 35.6 Å². The van der Waals surface area contributed by atoms with Crippen molar-refractivity contribution in [2.24, 2.45) is 0 Å². The maximum absolute atomic E-state index is 12.8. The number of rotatable bonds is 5. The summed E-state index contributed by atoms with van der Waals surface area (Å²) < 4.78 is 35.1. The molecule has 0 spiro atoms. The van der Waals surface area contributed by atoms with Crippen LogP contribution in [0.25, 0.3) is 0 Å². The summed E-state index contributed by atoms with van der Waals surface area (Å²) in [6.45, 7) is 5.65. The van der Waals surface area contributed by atoms with Gasteiger partial charge in [0.15, 0.2) is 9.84 Å². The largest absolute Gasteiger partial charge is 0.309 e. The van der Waals surface area contributed by atoms with Crippen LogP contribution in [0.2, 0.25) is 0 Å². The highest BCUT2D eigenvalue weighted by molar-refractivity contribution is 7.92. The van der Waals surface area contributed by atoms with E-state index in [9.17, 15) is 12.8 Å². The van der Waals surface area contributed by atoms with Gasteiger partial charge in [-0.1, -0.05) is 12.1 Å².